The lowest BCUT2D eigenvalue weighted by Gasteiger charge is -2.35. The summed E-state index contributed by atoms with van der Waals surface area (Å²) in [6.07, 6.45) is -12.9. The first kappa shape index (κ1) is 30.1. The zero-order valence-corrected chi connectivity index (χ0v) is 20.7. The molecule has 3 N–H and O–H groups in total. The predicted octanol–water partition coefficient (Wildman–Crippen LogP) is 6.37. The Morgan fingerprint density at radius 3 is 1.94 bits per heavy atom. The average molecular weight is 521 g/mol. The van der Waals surface area contributed by atoms with Crippen molar-refractivity contribution in [1.29, 1.82) is 0 Å². The Morgan fingerprint density at radius 2 is 1.44 bits per heavy atom. The maximum absolute atomic E-state index is 13.1. The fraction of sp³-hybridized carbons (Fsp3) is 0.556. The minimum absolute atomic E-state index is 0.163. The Labute approximate surface area is 207 Å². The number of rotatable bonds is 11. The zero-order chi connectivity index (χ0) is 27.3. The number of aryl methyl sites for hydroxylation is 1. The average Bonchev–Trinajstić information content (AvgIpc) is 2.80. The number of hydrogen-bond donors (Lipinski definition) is 3. The third-order valence-electron chi connectivity index (χ3n) is 6.96. The van der Waals surface area contributed by atoms with Gasteiger partial charge in [-0.1, -0.05) is 63.6 Å². The molecular weight excluding hydrogens is 486 g/mol. The van der Waals surface area contributed by atoms with Crippen LogP contribution in [0.15, 0.2) is 36.4 Å². The molecule has 202 valence electrons. The zero-order valence-electron chi connectivity index (χ0n) is 20.7. The predicted molar refractivity (Wildman–Crippen MR) is 125 cm³/mol. The summed E-state index contributed by atoms with van der Waals surface area (Å²) in [5, 5.41) is 29.4. The maximum atomic E-state index is 13.1. The molecule has 9 heteroatoms. The molecule has 2 aromatic rings. The quantitative estimate of drug-likeness (QED) is 0.302. The van der Waals surface area contributed by atoms with Gasteiger partial charge in [0.05, 0.1) is 19.3 Å². The second-order valence-electron chi connectivity index (χ2n) is 9.35. The van der Waals surface area contributed by atoms with Crippen molar-refractivity contribution in [1.82, 2.24) is 0 Å². The third-order valence-corrected chi connectivity index (χ3v) is 6.96. The highest BCUT2D eigenvalue weighted by Crippen LogP contribution is 2.44. The molecule has 2 unspecified atom stereocenters. The van der Waals surface area contributed by atoms with Gasteiger partial charge in [-0.25, -0.2) is 0 Å². The molecule has 0 aliphatic heterocycles. The van der Waals surface area contributed by atoms with E-state index < -0.39 is 36.2 Å². The van der Waals surface area contributed by atoms with E-state index >= 15 is 0 Å². The van der Waals surface area contributed by atoms with E-state index in [-0.39, 0.29) is 19.6 Å². The molecule has 0 bridgehead atoms. The van der Waals surface area contributed by atoms with Gasteiger partial charge in [0.2, 0.25) is 0 Å². The van der Waals surface area contributed by atoms with Gasteiger partial charge in [-0.3, -0.25) is 0 Å². The molecule has 2 aromatic carbocycles. The van der Waals surface area contributed by atoms with Crippen molar-refractivity contribution in [2.24, 2.45) is 5.92 Å². The smallest absolute Gasteiger partial charge is 0.392 e. The van der Waals surface area contributed by atoms with Crippen molar-refractivity contribution < 1.29 is 41.7 Å². The summed E-state index contributed by atoms with van der Waals surface area (Å²) in [6.45, 7) is 5.22. The lowest BCUT2D eigenvalue weighted by Crippen LogP contribution is -2.45. The summed E-state index contributed by atoms with van der Waals surface area (Å²) in [4.78, 5) is 0. The van der Waals surface area contributed by atoms with Crippen molar-refractivity contribution in [3.63, 3.8) is 0 Å². The van der Waals surface area contributed by atoms with Gasteiger partial charge in [-0.05, 0) is 59.1 Å². The summed E-state index contributed by atoms with van der Waals surface area (Å²) in [5.74, 6) is -3.82. The van der Waals surface area contributed by atoms with Gasteiger partial charge in [0.25, 0.3) is 0 Å². The van der Waals surface area contributed by atoms with E-state index in [1.54, 1.807) is 18.2 Å². The minimum atomic E-state index is -5.61. The van der Waals surface area contributed by atoms with Crippen LogP contribution in [0.4, 0.5) is 26.3 Å². The van der Waals surface area contributed by atoms with Gasteiger partial charge in [0.1, 0.15) is 0 Å². The van der Waals surface area contributed by atoms with E-state index in [0.29, 0.717) is 29.5 Å². The largest absolute Gasteiger partial charge is 0.403 e. The Bertz CT molecular complexity index is 988. The number of alkyl halides is 6. The molecule has 0 saturated heterocycles. The number of aliphatic hydroxyl groups is 3. The number of hydrogen-bond acceptors (Lipinski definition) is 3. The third kappa shape index (κ3) is 6.61. The van der Waals surface area contributed by atoms with Crippen molar-refractivity contribution >= 4 is 0 Å². The summed E-state index contributed by atoms with van der Waals surface area (Å²) in [7, 11) is 0. The Kier molecular flexibility index (Phi) is 10.0. The molecule has 0 amide bonds. The molecule has 0 aliphatic carbocycles. The fourth-order valence-electron chi connectivity index (χ4n) is 5.06. The first-order chi connectivity index (χ1) is 16.7. The highest BCUT2D eigenvalue weighted by molar-refractivity contribution is 5.48. The van der Waals surface area contributed by atoms with E-state index in [1.807, 2.05) is 39.0 Å². The van der Waals surface area contributed by atoms with Crippen LogP contribution in [-0.4, -0.2) is 33.8 Å². The number of benzene rings is 2. The van der Waals surface area contributed by atoms with Crippen LogP contribution in [0.5, 0.6) is 0 Å². The lowest BCUT2D eigenvalue weighted by atomic mass is 9.69. The van der Waals surface area contributed by atoms with E-state index in [4.69, 9.17) is 0 Å². The van der Waals surface area contributed by atoms with Crippen LogP contribution in [0.1, 0.15) is 73.4 Å². The van der Waals surface area contributed by atoms with Crippen LogP contribution in [-0.2, 0) is 31.5 Å². The van der Waals surface area contributed by atoms with Crippen molar-refractivity contribution in [2.75, 3.05) is 0 Å². The molecule has 0 spiro atoms. The summed E-state index contributed by atoms with van der Waals surface area (Å²) < 4.78 is 78.9. The van der Waals surface area contributed by atoms with Crippen molar-refractivity contribution in [3.05, 3.63) is 69.8 Å². The van der Waals surface area contributed by atoms with Gasteiger partial charge in [-0.15, -0.1) is 0 Å². The van der Waals surface area contributed by atoms with E-state index in [9.17, 15) is 41.7 Å². The second-order valence-corrected chi connectivity index (χ2v) is 9.35. The molecule has 0 heterocycles. The van der Waals surface area contributed by atoms with Crippen LogP contribution < -0.4 is 0 Å². The standard InChI is InChI=1S/C27H34F6O3/c1-4-13-25(3,20-10-9-18(15-34)19(14-20)16-35)22-8-6-7-17(5-2)21(22)11-12-23(36)24(26(28,29)30)27(31,32)33/h6-10,14,23-24,34-36H,4-5,11-13,15-16H2,1-3H3. The van der Waals surface area contributed by atoms with E-state index in [1.165, 1.54) is 0 Å². The highest BCUT2D eigenvalue weighted by Gasteiger charge is 2.59. The van der Waals surface area contributed by atoms with Gasteiger partial charge in [0, 0.05) is 5.41 Å². The summed E-state index contributed by atoms with van der Waals surface area (Å²) in [5.41, 5.74) is 3.40. The van der Waals surface area contributed by atoms with Gasteiger partial charge < -0.3 is 15.3 Å². The van der Waals surface area contributed by atoms with Gasteiger partial charge >= 0.3 is 12.4 Å². The SMILES string of the molecule is CCCC(C)(c1ccc(CO)c(CO)c1)c1cccc(CC)c1CCC(O)C(C(F)(F)F)C(F)(F)F. The number of aliphatic hydroxyl groups excluding tert-OH is 3. The Hall–Kier alpha value is -2.10. The fourth-order valence-corrected chi connectivity index (χ4v) is 5.06. The van der Waals surface area contributed by atoms with Crippen LogP contribution in [0.2, 0.25) is 0 Å². The Morgan fingerprint density at radius 1 is 0.833 bits per heavy atom. The summed E-state index contributed by atoms with van der Waals surface area (Å²) >= 11 is 0. The van der Waals surface area contributed by atoms with Crippen LogP contribution >= 0.6 is 0 Å². The van der Waals surface area contributed by atoms with Gasteiger partial charge in [0.15, 0.2) is 5.92 Å². The normalized spacial score (nSPS) is 15.2. The summed E-state index contributed by atoms with van der Waals surface area (Å²) in [6, 6.07) is 10.7. The first-order valence-corrected chi connectivity index (χ1v) is 12.0. The monoisotopic (exact) mass is 520 g/mol. The minimum Gasteiger partial charge on any atom is -0.392 e. The molecule has 2 rings (SSSR count). The molecule has 0 fully saturated rings. The van der Waals surface area contributed by atoms with Crippen molar-refractivity contribution in [2.45, 2.75) is 90.0 Å². The van der Waals surface area contributed by atoms with Gasteiger partial charge in [-0.2, -0.15) is 26.3 Å². The molecular formula is C27H34F6O3. The van der Waals surface area contributed by atoms with Crippen LogP contribution in [0.3, 0.4) is 0 Å². The second kappa shape index (κ2) is 12.0. The van der Waals surface area contributed by atoms with Crippen LogP contribution in [0, 0.1) is 5.92 Å². The lowest BCUT2D eigenvalue weighted by molar-refractivity contribution is -0.306. The first-order valence-electron chi connectivity index (χ1n) is 12.0. The van der Waals surface area contributed by atoms with Crippen molar-refractivity contribution in [3.8, 4) is 0 Å². The molecule has 3 nitrogen and oxygen atoms in total. The van der Waals surface area contributed by atoms with Crippen LogP contribution in [0.25, 0.3) is 0 Å². The van der Waals surface area contributed by atoms with E-state index in [2.05, 4.69) is 0 Å². The molecule has 2 atom stereocenters. The topological polar surface area (TPSA) is 60.7 Å². The molecule has 0 aromatic heterocycles. The van der Waals surface area contributed by atoms with E-state index in [0.717, 1.165) is 23.1 Å². The highest BCUT2D eigenvalue weighted by atomic mass is 19.4. The number of halogens is 6. The molecule has 0 saturated carbocycles. The molecule has 36 heavy (non-hydrogen) atoms. The maximum Gasteiger partial charge on any atom is 0.403 e. The molecule has 0 radical (unpaired) electrons. The Balaban J connectivity index is 2.58. The molecule has 0 aliphatic rings.